The molecule has 0 amide bonds. The molecule has 1 aromatic heterocycles. The molecular weight excluding hydrogens is 248 g/mol. The Morgan fingerprint density at radius 1 is 1.64 bits per heavy atom. The summed E-state index contributed by atoms with van der Waals surface area (Å²) >= 11 is 3.32. The number of ether oxygens (including phenoxy) is 1. The van der Waals surface area contributed by atoms with Crippen molar-refractivity contribution in [3.8, 4) is 0 Å². The molecule has 2 N–H and O–H groups in total. The molecule has 0 spiro atoms. The summed E-state index contributed by atoms with van der Waals surface area (Å²) in [4.78, 5) is 3.99. The summed E-state index contributed by atoms with van der Waals surface area (Å²) in [6.07, 6.45) is 2.30. The molecule has 3 fully saturated rings. The number of nitrogen functional groups attached to an aromatic ring is 1. The van der Waals surface area contributed by atoms with E-state index in [0.29, 0.717) is 10.7 Å². The Balaban J connectivity index is 1.81. The Morgan fingerprint density at radius 2 is 2.43 bits per heavy atom. The van der Waals surface area contributed by atoms with E-state index < -0.39 is 0 Å². The first-order valence-electron chi connectivity index (χ1n) is 4.67. The van der Waals surface area contributed by atoms with Crippen molar-refractivity contribution >= 4 is 21.9 Å². The van der Waals surface area contributed by atoms with Gasteiger partial charge in [0.25, 0.3) is 0 Å². The Labute approximate surface area is 89.8 Å². The molecule has 0 radical (unpaired) electrons. The predicted octanol–water partition coefficient (Wildman–Crippen LogP) is 0.802. The van der Waals surface area contributed by atoms with Crippen LogP contribution in [0.4, 0.5) is 5.95 Å². The number of rotatable bonds is 2. The van der Waals surface area contributed by atoms with Crippen LogP contribution in [0.25, 0.3) is 0 Å². The summed E-state index contributed by atoms with van der Waals surface area (Å²) in [5.74, 6) is 1.08. The second-order valence-electron chi connectivity index (χ2n) is 4.16. The van der Waals surface area contributed by atoms with Gasteiger partial charge in [0.2, 0.25) is 5.95 Å². The molecule has 2 saturated heterocycles. The number of nitrogens with two attached hydrogens (primary N) is 1. The van der Waals surface area contributed by atoms with Crippen LogP contribution in [0.5, 0.6) is 0 Å². The number of nitrogens with zero attached hydrogens (tertiary/aromatic N) is 3. The van der Waals surface area contributed by atoms with Gasteiger partial charge in [0.1, 0.15) is 0 Å². The van der Waals surface area contributed by atoms with E-state index in [1.165, 1.54) is 0 Å². The Bertz CT molecular complexity index is 366. The smallest absolute Gasteiger partial charge is 0.240 e. The number of aromatic nitrogens is 3. The molecule has 3 aliphatic rings. The van der Waals surface area contributed by atoms with Gasteiger partial charge in [0, 0.05) is 0 Å². The van der Waals surface area contributed by atoms with Gasteiger partial charge in [-0.3, -0.25) is 0 Å². The molecule has 14 heavy (non-hydrogen) atoms. The van der Waals surface area contributed by atoms with Crippen molar-refractivity contribution in [1.29, 1.82) is 0 Å². The van der Waals surface area contributed by atoms with Gasteiger partial charge in [-0.1, -0.05) is 0 Å². The molecule has 1 aromatic rings. The van der Waals surface area contributed by atoms with Gasteiger partial charge < -0.3 is 10.5 Å². The Morgan fingerprint density at radius 3 is 2.93 bits per heavy atom. The topological polar surface area (TPSA) is 66.0 Å². The Hall–Kier alpha value is -0.620. The fraction of sp³-hybridized carbons (Fsp3) is 0.750. The van der Waals surface area contributed by atoms with Crippen molar-refractivity contribution in [2.75, 3.05) is 12.3 Å². The summed E-state index contributed by atoms with van der Waals surface area (Å²) in [7, 11) is 0. The van der Waals surface area contributed by atoms with Gasteiger partial charge >= 0.3 is 0 Å². The summed E-state index contributed by atoms with van der Waals surface area (Å²) in [6.45, 7) is 1.66. The molecule has 0 aromatic carbocycles. The number of hydrogen-bond acceptors (Lipinski definition) is 4. The lowest BCUT2D eigenvalue weighted by molar-refractivity contribution is -0.0169. The van der Waals surface area contributed by atoms with Crippen molar-refractivity contribution in [3.05, 3.63) is 4.73 Å². The minimum absolute atomic E-state index is 0.0212. The van der Waals surface area contributed by atoms with Gasteiger partial charge in [-0.15, -0.1) is 5.10 Å². The highest BCUT2D eigenvalue weighted by atomic mass is 79.9. The van der Waals surface area contributed by atoms with Crippen LogP contribution in [0.3, 0.4) is 0 Å². The summed E-state index contributed by atoms with van der Waals surface area (Å²) < 4.78 is 8.19. The fourth-order valence-electron chi connectivity index (χ4n) is 2.41. The molecule has 0 atom stereocenters. The SMILES string of the molecule is Nc1nc(Br)n(CC23CC(CO2)C3)n1. The minimum atomic E-state index is 0.0212. The van der Waals surface area contributed by atoms with Crippen LogP contribution >= 0.6 is 15.9 Å². The van der Waals surface area contributed by atoms with Gasteiger partial charge in [-0.25, -0.2) is 4.68 Å². The maximum Gasteiger partial charge on any atom is 0.240 e. The van der Waals surface area contributed by atoms with Crippen LogP contribution in [0.2, 0.25) is 0 Å². The van der Waals surface area contributed by atoms with E-state index >= 15 is 0 Å². The van der Waals surface area contributed by atoms with Crippen LogP contribution in [0.1, 0.15) is 12.8 Å². The lowest BCUT2D eigenvalue weighted by Gasteiger charge is -2.35. The summed E-state index contributed by atoms with van der Waals surface area (Å²) in [6, 6.07) is 0. The van der Waals surface area contributed by atoms with Crippen molar-refractivity contribution in [2.24, 2.45) is 5.92 Å². The third-order valence-corrected chi connectivity index (χ3v) is 3.61. The first-order valence-corrected chi connectivity index (χ1v) is 5.46. The molecule has 1 aliphatic carbocycles. The third kappa shape index (κ3) is 1.17. The maximum absolute atomic E-state index is 5.73. The zero-order chi connectivity index (χ0) is 9.76. The molecular formula is C8H11BrN4O. The zero-order valence-corrected chi connectivity index (χ0v) is 9.20. The van der Waals surface area contributed by atoms with Crippen LogP contribution in [0, 0.1) is 5.92 Å². The molecule has 4 rings (SSSR count). The second-order valence-corrected chi connectivity index (χ2v) is 4.87. The highest BCUT2D eigenvalue weighted by Gasteiger charge is 2.52. The Kier molecular flexibility index (Phi) is 1.67. The minimum Gasteiger partial charge on any atom is -0.373 e. The van der Waals surface area contributed by atoms with E-state index in [4.69, 9.17) is 10.5 Å². The lowest BCUT2D eigenvalue weighted by Crippen LogP contribution is -2.41. The largest absolute Gasteiger partial charge is 0.373 e. The summed E-state index contributed by atoms with van der Waals surface area (Å²) in [5, 5.41) is 4.10. The third-order valence-electron chi connectivity index (χ3n) is 3.03. The summed E-state index contributed by atoms with van der Waals surface area (Å²) in [5.41, 5.74) is 5.52. The van der Waals surface area contributed by atoms with E-state index in [2.05, 4.69) is 26.0 Å². The van der Waals surface area contributed by atoms with E-state index in [0.717, 1.165) is 31.9 Å². The molecule has 0 unspecified atom stereocenters. The van der Waals surface area contributed by atoms with Crippen molar-refractivity contribution < 1.29 is 4.74 Å². The molecule has 6 heteroatoms. The lowest BCUT2D eigenvalue weighted by atomic mass is 9.75. The number of anilines is 1. The van der Waals surface area contributed by atoms with E-state index in [9.17, 15) is 0 Å². The van der Waals surface area contributed by atoms with Crippen molar-refractivity contribution in [1.82, 2.24) is 14.8 Å². The van der Waals surface area contributed by atoms with Gasteiger partial charge in [-0.2, -0.15) is 4.98 Å². The van der Waals surface area contributed by atoms with Crippen molar-refractivity contribution in [3.63, 3.8) is 0 Å². The van der Waals surface area contributed by atoms with Gasteiger partial charge in [0.15, 0.2) is 4.73 Å². The average molecular weight is 259 g/mol. The quantitative estimate of drug-likeness (QED) is 0.853. The first kappa shape index (κ1) is 8.67. The van der Waals surface area contributed by atoms with Crippen LogP contribution in [0.15, 0.2) is 4.73 Å². The van der Waals surface area contributed by atoms with Crippen LogP contribution in [-0.4, -0.2) is 27.0 Å². The monoisotopic (exact) mass is 258 g/mol. The highest BCUT2D eigenvalue weighted by molar-refractivity contribution is 9.10. The highest BCUT2D eigenvalue weighted by Crippen LogP contribution is 2.49. The zero-order valence-electron chi connectivity index (χ0n) is 7.61. The molecule has 2 bridgehead atoms. The number of hydrogen-bond donors (Lipinski definition) is 1. The first-order chi connectivity index (χ1) is 6.67. The van der Waals surface area contributed by atoms with E-state index in [1.54, 1.807) is 4.68 Å². The molecule has 1 saturated carbocycles. The van der Waals surface area contributed by atoms with Gasteiger partial charge in [-0.05, 0) is 34.7 Å². The molecule has 76 valence electrons. The molecule has 3 heterocycles. The fourth-order valence-corrected chi connectivity index (χ4v) is 2.80. The molecule has 2 aliphatic heterocycles. The maximum atomic E-state index is 5.73. The van der Waals surface area contributed by atoms with Crippen molar-refractivity contribution in [2.45, 2.75) is 25.0 Å². The van der Waals surface area contributed by atoms with Crippen LogP contribution in [-0.2, 0) is 11.3 Å². The van der Waals surface area contributed by atoms with E-state index in [1.807, 2.05) is 0 Å². The molecule has 5 nitrogen and oxygen atoms in total. The number of halogens is 1. The predicted molar refractivity (Wildman–Crippen MR) is 53.5 cm³/mol. The standard InChI is InChI=1S/C8H11BrN4O/c9-6-11-7(10)12-13(6)4-8-1-5(2-8)3-14-8/h5H,1-4H2,(H2,10,12). The number of fused-ring (bicyclic) bond motifs is 1. The van der Waals surface area contributed by atoms with Crippen LogP contribution < -0.4 is 5.73 Å². The normalized spacial score (nSPS) is 34.5. The average Bonchev–Trinajstić information content (AvgIpc) is 2.66. The second kappa shape index (κ2) is 2.70. The van der Waals surface area contributed by atoms with E-state index in [-0.39, 0.29) is 5.60 Å². The van der Waals surface area contributed by atoms with Gasteiger partial charge in [0.05, 0.1) is 18.8 Å².